The van der Waals surface area contributed by atoms with E-state index in [1.165, 1.54) is 11.8 Å². The number of furan rings is 1. The van der Waals surface area contributed by atoms with Crippen LogP contribution in [0.4, 0.5) is 13.2 Å². The highest BCUT2D eigenvalue weighted by atomic mass is 19.4. The molecule has 2 N–H and O–H groups in total. The van der Waals surface area contributed by atoms with Gasteiger partial charge in [-0.2, -0.15) is 18.3 Å². The van der Waals surface area contributed by atoms with E-state index in [4.69, 9.17) is 19.1 Å². The number of alkyl halides is 3. The summed E-state index contributed by atoms with van der Waals surface area (Å²) in [6.45, 7) is 2.83. The fourth-order valence-electron chi connectivity index (χ4n) is 2.47. The van der Waals surface area contributed by atoms with Gasteiger partial charge in [0, 0.05) is 19.8 Å². The first-order chi connectivity index (χ1) is 12.6. The summed E-state index contributed by atoms with van der Waals surface area (Å²) in [7, 11) is 1.89. The Labute approximate surface area is 151 Å². The van der Waals surface area contributed by atoms with Crippen molar-refractivity contribution >= 4 is 11.9 Å². The number of ether oxygens (including phenoxy) is 1. The molecule has 1 aliphatic heterocycles. The van der Waals surface area contributed by atoms with E-state index in [0.29, 0.717) is 24.5 Å². The quantitative estimate of drug-likeness (QED) is 0.832. The Balaban J connectivity index is 0.000000321. The predicted octanol–water partition coefficient (Wildman–Crippen LogP) is 2.00. The van der Waals surface area contributed by atoms with E-state index < -0.39 is 12.1 Å². The van der Waals surface area contributed by atoms with Crippen molar-refractivity contribution in [3.05, 3.63) is 41.1 Å². The zero-order chi connectivity index (χ0) is 20.2. The summed E-state index contributed by atoms with van der Waals surface area (Å²) in [5, 5.41) is 14.4. The third-order valence-corrected chi connectivity index (χ3v) is 3.73. The van der Waals surface area contributed by atoms with Crippen LogP contribution in [0.5, 0.6) is 0 Å². The smallest absolute Gasteiger partial charge is 0.475 e. The molecule has 0 bridgehead atoms. The number of carbonyl (C=O) groups is 2. The molecule has 27 heavy (non-hydrogen) atoms. The number of nitrogens with zero attached hydrogens (tertiary/aromatic N) is 2. The van der Waals surface area contributed by atoms with Crippen LogP contribution < -0.4 is 5.32 Å². The van der Waals surface area contributed by atoms with Gasteiger partial charge in [0.1, 0.15) is 11.9 Å². The highest BCUT2D eigenvalue weighted by Crippen LogP contribution is 2.25. The molecule has 1 atom stereocenters. The lowest BCUT2D eigenvalue weighted by Crippen LogP contribution is -2.32. The number of halogens is 3. The Morgan fingerprint density at radius 2 is 2.11 bits per heavy atom. The molecule has 2 aromatic heterocycles. The van der Waals surface area contributed by atoms with E-state index in [0.717, 1.165) is 12.1 Å². The zero-order valence-corrected chi connectivity index (χ0v) is 14.5. The monoisotopic (exact) mass is 389 g/mol. The lowest BCUT2D eigenvalue weighted by atomic mass is 10.1. The van der Waals surface area contributed by atoms with Crippen molar-refractivity contribution in [3.8, 4) is 0 Å². The van der Waals surface area contributed by atoms with Gasteiger partial charge in [0.25, 0.3) is 5.91 Å². The minimum absolute atomic E-state index is 0.150. The number of carbonyl (C=O) groups excluding carboxylic acids is 1. The lowest BCUT2D eigenvalue weighted by molar-refractivity contribution is -0.192. The highest BCUT2D eigenvalue weighted by Gasteiger charge is 2.38. The molecule has 0 saturated carbocycles. The Kier molecular flexibility index (Phi) is 6.26. The summed E-state index contributed by atoms with van der Waals surface area (Å²) in [6, 6.07) is 1.67. The second kappa shape index (κ2) is 8.25. The maximum absolute atomic E-state index is 12.0. The number of rotatable bonds is 3. The molecular formula is C16H18F3N3O5. The maximum Gasteiger partial charge on any atom is 0.490 e. The lowest BCUT2D eigenvalue weighted by Gasteiger charge is -2.22. The molecule has 0 radical (unpaired) electrons. The number of nitrogens with one attached hydrogen (secondary N) is 1. The van der Waals surface area contributed by atoms with Crippen LogP contribution in [0.25, 0.3) is 0 Å². The van der Waals surface area contributed by atoms with Gasteiger partial charge in [0.15, 0.2) is 0 Å². The van der Waals surface area contributed by atoms with Crippen molar-refractivity contribution in [2.24, 2.45) is 7.05 Å². The van der Waals surface area contributed by atoms with Crippen LogP contribution in [0.3, 0.4) is 0 Å². The van der Waals surface area contributed by atoms with E-state index in [1.54, 1.807) is 17.7 Å². The molecule has 1 amide bonds. The minimum atomic E-state index is -5.08. The van der Waals surface area contributed by atoms with Crippen molar-refractivity contribution in [1.29, 1.82) is 0 Å². The van der Waals surface area contributed by atoms with E-state index >= 15 is 0 Å². The normalized spacial score (nSPS) is 16.1. The summed E-state index contributed by atoms with van der Waals surface area (Å²) in [6.07, 6.45) is -0.879. The van der Waals surface area contributed by atoms with Gasteiger partial charge in [0.05, 0.1) is 24.1 Å². The second-order valence-electron chi connectivity index (χ2n) is 5.73. The van der Waals surface area contributed by atoms with Crippen LogP contribution in [0, 0.1) is 6.92 Å². The topological polar surface area (TPSA) is 107 Å². The van der Waals surface area contributed by atoms with E-state index in [2.05, 4.69) is 10.4 Å². The number of aromatic nitrogens is 2. The molecule has 0 spiro atoms. The molecule has 1 unspecified atom stereocenters. The molecule has 8 nitrogen and oxygen atoms in total. The van der Waals surface area contributed by atoms with Crippen molar-refractivity contribution in [1.82, 2.24) is 15.1 Å². The Bertz CT molecular complexity index is 813. The zero-order valence-electron chi connectivity index (χ0n) is 14.5. The van der Waals surface area contributed by atoms with Crippen molar-refractivity contribution in [3.63, 3.8) is 0 Å². The first-order valence-corrected chi connectivity index (χ1v) is 7.86. The van der Waals surface area contributed by atoms with Crippen LogP contribution in [-0.4, -0.2) is 46.1 Å². The Morgan fingerprint density at radius 1 is 1.44 bits per heavy atom. The number of fused-ring (bicyclic) bond motifs is 1. The van der Waals surface area contributed by atoms with Gasteiger partial charge in [0.2, 0.25) is 0 Å². The average molecular weight is 389 g/mol. The number of amides is 1. The van der Waals surface area contributed by atoms with Crippen molar-refractivity contribution in [2.45, 2.75) is 25.6 Å². The first-order valence-electron chi connectivity index (χ1n) is 7.86. The minimum Gasteiger partial charge on any atom is -0.475 e. The molecule has 0 fully saturated rings. The van der Waals surface area contributed by atoms with Crippen LogP contribution in [0.15, 0.2) is 22.9 Å². The van der Waals surface area contributed by atoms with Gasteiger partial charge in [-0.15, -0.1) is 0 Å². The number of aliphatic carboxylic acids is 1. The van der Waals surface area contributed by atoms with Crippen LogP contribution >= 0.6 is 0 Å². The number of carboxylic acid groups (broad SMARTS) is 1. The van der Waals surface area contributed by atoms with E-state index in [1.807, 2.05) is 13.2 Å². The van der Waals surface area contributed by atoms with E-state index in [9.17, 15) is 18.0 Å². The largest absolute Gasteiger partial charge is 0.490 e. The molecule has 11 heteroatoms. The summed E-state index contributed by atoms with van der Waals surface area (Å²) >= 11 is 0. The third kappa shape index (κ3) is 5.33. The van der Waals surface area contributed by atoms with E-state index in [-0.39, 0.29) is 12.0 Å². The summed E-state index contributed by atoms with van der Waals surface area (Å²) in [4.78, 5) is 20.9. The van der Waals surface area contributed by atoms with Gasteiger partial charge >= 0.3 is 12.1 Å². The molecule has 0 aromatic carbocycles. The highest BCUT2D eigenvalue weighted by molar-refractivity contribution is 5.95. The van der Waals surface area contributed by atoms with Gasteiger partial charge in [-0.05, 0) is 25.0 Å². The predicted molar refractivity (Wildman–Crippen MR) is 85.1 cm³/mol. The molecule has 148 valence electrons. The van der Waals surface area contributed by atoms with Gasteiger partial charge in [-0.3, -0.25) is 9.48 Å². The third-order valence-electron chi connectivity index (χ3n) is 3.73. The van der Waals surface area contributed by atoms with Crippen LogP contribution in [-0.2, 0) is 23.0 Å². The van der Waals surface area contributed by atoms with Crippen LogP contribution in [0.1, 0.15) is 33.5 Å². The second-order valence-corrected chi connectivity index (χ2v) is 5.73. The first kappa shape index (κ1) is 20.5. The number of carboxylic acids is 1. The molecule has 0 saturated heterocycles. The summed E-state index contributed by atoms with van der Waals surface area (Å²) < 4.78 is 44.4. The van der Waals surface area contributed by atoms with Gasteiger partial charge in [-0.25, -0.2) is 4.79 Å². The standard InChI is InChI=1S/C14H17N3O3.C2HF3O2/c1-9-11(4-6-19-9)14(18)15-7-12-13-10(3-5-20-12)8-17(2)16-13;3-2(4,5)1(6)7/h4,6,8,12H,3,5,7H2,1-2H3,(H,15,18);(H,6,7). The average Bonchev–Trinajstić information content (AvgIpc) is 3.17. The van der Waals surface area contributed by atoms with Crippen molar-refractivity contribution in [2.75, 3.05) is 13.2 Å². The number of aryl methyl sites for hydroxylation is 2. The number of hydrogen-bond acceptors (Lipinski definition) is 5. The Hall–Kier alpha value is -2.82. The molecular weight excluding hydrogens is 371 g/mol. The summed E-state index contributed by atoms with van der Waals surface area (Å²) in [5.74, 6) is -2.29. The SMILES string of the molecule is Cc1occc1C(=O)NCC1OCCc2cn(C)nc21.O=C(O)C(F)(F)F. The molecule has 3 rings (SSSR count). The summed E-state index contributed by atoms with van der Waals surface area (Å²) in [5.41, 5.74) is 2.67. The number of hydrogen-bond donors (Lipinski definition) is 2. The molecule has 1 aliphatic rings. The molecule has 3 heterocycles. The maximum atomic E-state index is 12.0. The molecule has 2 aromatic rings. The van der Waals surface area contributed by atoms with Gasteiger partial charge < -0.3 is 19.6 Å². The van der Waals surface area contributed by atoms with Gasteiger partial charge in [-0.1, -0.05) is 0 Å². The Morgan fingerprint density at radius 3 is 2.67 bits per heavy atom. The van der Waals surface area contributed by atoms with Crippen LogP contribution in [0.2, 0.25) is 0 Å². The fraction of sp³-hybridized carbons (Fsp3) is 0.438. The molecule has 0 aliphatic carbocycles. The fourth-order valence-corrected chi connectivity index (χ4v) is 2.47. The van der Waals surface area contributed by atoms with Crippen molar-refractivity contribution < 1.29 is 37.0 Å².